The van der Waals surface area contributed by atoms with Crippen LogP contribution in [0.2, 0.25) is 0 Å². The third-order valence-electron chi connectivity index (χ3n) is 4.32. The predicted molar refractivity (Wildman–Crippen MR) is 90.3 cm³/mol. The topological polar surface area (TPSA) is 46.9 Å². The molecular weight excluding hydrogens is 324 g/mol. The van der Waals surface area contributed by atoms with Crippen molar-refractivity contribution in [1.29, 1.82) is 0 Å². The van der Waals surface area contributed by atoms with Gasteiger partial charge in [0, 0.05) is 29.8 Å². The second kappa shape index (κ2) is 6.12. The van der Waals surface area contributed by atoms with Gasteiger partial charge in [0.05, 0.1) is 11.9 Å². The number of nitrogens with one attached hydrogen (secondary N) is 1. The van der Waals surface area contributed by atoms with Gasteiger partial charge in [-0.1, -0.05) is 12.1 Å². The number of aryl methyl sites for hydroxylation is 1. The molecular formula is C19H15F2N3O. The summed E-state index contributed by atoms with van der Waals surface area (Å²) in [6.07, 6.45) is 3.90. The summed E-state index contributed by atoms with van der Waals surface area (Å²) < 4.78 is 28.5. The molecule has 2 heterocycles. The molecule has 3 aromatic rings. The van der Waals surface area contributed by atoms with Crippen molar-refractivity contribution in [1.82, 2.24) is 9.55 Å². The van der Waals surface area contributed by atoms with E-state index in [2.05, 4.69) is 14.9 Å². The molecule has 126 valence electrons. The molecule has 0 radical (unpaired) electrons. The van der Waals surface area contributed by atoms with Gasteiger partial charge < -0.3 is 9.88 Å². The van der Waals surface area contributed by atoms with Crippen LogP contribution in [-0.4, -0.2) is 15.5 Å². The lowest BCUT2D eigenvalue weighted by Crippen LogP contribution is -2.12. The van der Waals surface area contributed by atoms with Gasteiger partial charge in [0.15, 0.2) is 11.6 Å². The molecule has 0 aliphatic carbocycles. The molecule has 0 atom stereocenters. The van der Waals surface area contributed by atoms with Crippen LogP contribution in [0.3, 0.4) is 0 Å². The summed E-state index contributed by atoms with van der Waals surface area (Å²) in [5.74, 6) is -1.44. The number of anilines is 1. The van der Waals surface area contributed by atoms with E-state index in [-0.39, 0.29) is 5.56 Å². The second-order valence-corrected chi connectivity index (χ2v) is 5.98. The third-order valence-corrected chi connectivity index (χ3v) is 4.32. The summed E-state index contributed by atoms with van der Waals surface area (Å²) in [6.45, 7) is 0.941. The van der Waals surface area contributed by atoms with Gasteiger partial charge in [0.1, 0.15) is 5.82 Å². The molecule has 1 aromatic heterocycles. The summed E-state index contributed by atoms with van der Waals surface area (Å²) in [6, 6.07) is 10.5. The molecule has 0 spiro atoms. The number of halogens is 2. The van der Waals surface area contributed by atoms with E-state index < -0.39 is 17.5 Å². The first-order chi connectivity index (χ1) is 12.1. The van der Waals surface area contributed by atoms with Crippen LogP contribution in [-0.2, 0) is 13.0 Å². The summed E-state index contributed by atoms with van der Waals surface area (Å²) in [5.41, 5.74) is 2.61. The largest absolute Gasteiger partial charge is 0.328 e. The van der Waals surface area contributed by atoms with Crippen LogP contribution >= 0.6 is 0 Å². The van der Waals surface area contributed by atoms with E-state index in [0.717, 1.165) is 48.6 Å². The molecule has 6 heteroatoms. The number of hydrogen-bond acceptors (Lipinski definition) is 2. The SMILES string of the molecule is O=C(Nc1cccc(-c2cnc3n2CCC3)c1)c1ccc(F)c(F)c1. The third kappa shape index (κ3) is 2.91. The van der Waals surface area contributed by atoms with E-state index >= 15 is 0 Å². The highest BCUT2D eigenvalue weighted by Crippen LogP contribution is 2.27. The van der Waals surface area contributed by atoms with Gasteiger partial charge in [0.2, 0.25) is 0 Å². The van der Waals surface area contributed by atoms with Crippen molar-refractivity contribution in [2.24, 2.45) is 0 Å². The molecule has 0 bridgehead atoms. The number of imidazole rings is 1. The highest BCUT2D eigenvalue weighted by Gasteiger charge is 2.17. The van der Waals surface area contributed by atoms with E-state index in [9.17, 15) is 13.6 Å². The lowest BCUT2D eigenvalue weighted by atomic mass is 10.1. The molecule has 0 fully saturated rings. The van der Waals surface area contributed by atoms with Gasteiger partial charge in [0.25, 0.3) is 5.91 Å². The number of fused-ring (bicyclic) bond motifs is 1. The van der Waals surface area contributed by atoms with E-state index in [0.29, 0.717) is 5.69 Å². The average molecular weight is 339 g/mol. The van der Waals surface area contributed by atoms with Crippen LogP contribution in [0.1, 0.15) is 22.6 Å². The monoisotopic (exact) mass is 339 g/mol. The zero-order valence-corrected chi connectivity index (χ0v) is 13.3. The van der Waals surface area contributed by atoms with Crippen LogP contribution in [0.4, 0.5) is 14.5 Å². The van der Waals surface area contributed by atoms with Crippen LogP contribution in [0.15, 0.2) is 48.7 Å². The number of aromatic nitrogens is 2. The van der Waals surface area contributed by atoms with Crippen LogP contribution in [0.5, 0.6) is 0 Å². The summed E-state index contributed by atoms with van der Waals surface area (Å²) in [7, 11) is 0. The summed E-state index contributed by atoms with van der Waals surface area (Å²) in [5, 5.41) is 2.72. The molecule has 1 aliphatic heterocycles. The predicted octanol–water partition coefficient (Wildman–Crippen LogP) is 4.03. The number of carbonyl (C=O) groups is 1. The number of nitrogens with zero attached hydrogens (tertiary/aromatic N) is 2. The molecule has 1 N–H and O–H groups in total. The standard InChI is InChI=1S/C19H15F2N3O/c20-15-7-6-13(10-16(15)21)19(25)23-14-4-1-3-12(9-14)17-11-22-18-5-2-8-24(17)18/h1,3-4,6-7,9-11H,2,5,8H2,(H,23,25). The van der Waals surface area contributed by atoms with Gasteiger partial charge in [-0.3, -0.25) is 4.79 Å². The Hall–Kier alpha value is -3.02. The van der Waals surface area contributed by atoms with Crippen molar-refractivity contribution in [2.45, 2.75) is 19.4 Å². The first-order valence-electron chi connectivity index (χ1n) is 8.03. The molecule has 2 aromatic carbocycles. The van der Waals surface area contributed by atoms with E-state index in [1.807, 2.05) is 24.4 Å². The molecule has 1 aliphatic rings. The normalized spacial score (nSPS) is 12.9. The van der Waals surface area contributed by atoms with Crippen molar-refractivity contribution in [3.8, 4) is 11.3 Å². The molecule has 0 saturated carbocycles. The minimum Gasteiger partial charge on any atom is -0.328 e. The van der Waals surface area contributed by atoms with Crippen LogP contribution < -0.4 is 5.32 Å². The Morgan fingerprint density at radius 3 is 2.84 bits per heavy atom. The lowest BCUT2D eigenvalue weighted by molar-refractivity contribution is 0.102. The van der Waals surface area contributed by atoms with E-state index in [4.69, 9.17) is 0 Å². The number of amides is 1. The summed E-state index contributed by atoms with van der Waals surface area (Å²) >= 11 is 0. The highest BCUT2D eigenvalue weighted by atomic mass is 19.2. The second-order valence-electron chi connectivity index (χ2n) is 5.98. The average Bonchev–Trinajstić information content (AvgIpc) is 3.21. The molecule has 4 nitrogen and oxygen atoms in total. The van der Waals surface area contributed by atoms with Crippen molar-refractivity contribution < 1.29 is 13.6 Å². The fourth-order valence-corrected chi connectivity index (χ4v) is 3.09. The zero-order chi connectivity index (χ0) is 17.4. The smallest absolute Gasteiger partial charge is 0.255 e. The minimum atomic E-state index is -1.05. The fourth-order valence-electron chi connectivity index (χ4n) is 3.09. The highest BCUT2D eigenvalue weighted by molar-refractivity contribution is 6.04. The number of carbonyl (C=O) groups excluding carboxylic acids is 1. The maximum Gasteiger partial charge on any atom is 0.255 e. The fraction of sp³-hybridized carbons (Fsp3) is 0.158. The van der Waals surface area contributed by atoms with Gasteiger partial charge in [-0.2, -0.15) is 0 Å². The Morgan fingerprint density at radius 1 is 1.12 bits per heavy atom. The summed E-state index contributed by atoms with van der Waals surface area (Å²) in [4.78, 5) is 16.7. The lowest BCUT2D eigenvalue weighted by Gasteiger charge is -2.09. The van der Waals surface area contributed by atoms with E-state index in [1.165, 1.54) is 6.07 Å². The zero-order valence-electron chi connectivity index (χ0n) is 13.3. The van der Waals surface area contributed by atoms with Crippen LogP contribution in [0.25, 0.3) is 11.3 Å². The molecule has 0 unspecified atom stereocenters. The van der Waals surface area contributed by atoms with Gasteiger partial charge >= 0.3 is 0 Å². The maximum atomic E-state index is 13.3. The molecule has 25 heavy (non-hydrogen) atoms. The Kier molecular flexibility index (Phi) is 3.80. The first-order valence-corrected chi connectivity index (χ1v) is 8.03. The molecule has 1 amide bonds. The Bertz CT molecular complexity index is 965. The van der Waals surface area contributed by atoms with Crippen LogP contribution in [0, 0.1) is 11.6 Å². The molecule has 0 saturated heterocycles. The van der Waals surface area contributed by atoms with Crippen molar-refractivity contribution in [3.05, 3.63) is 71.7 Å². The van der Waals surface area contributed by atoms with Crippen molar-refractivity contribution >= 4 is 11.6 Å². The molecule has 4 rings (SSSR count). The quantitative estimate of drug-likeness (QED) is 0.783. The van der Waals surface area contributed by atoms with Crippen molar-refractivity contribution in [2.75, 3.05) is 5.32 Å². The maximum absolute atomic E-state index is 13.3. The minimum absolute atomic E-state index is 0.0644. The van der Waals surface area contributed by atoms with Gasteiger partial charge in [-0.15, -0.1) is 0 Å². The van der Waals surface area contributed by atoms with Gasteiger partial charge in [-0.05, 0) is 36.8 Å². The Balaban J connectivity index is 1.59. The van der Waals surface area contributed by atoms with Gasteiger partial charge in [-0.25, -0.2) is 13.8 Å². The Morgan fingerprint density at radius 2 is 2.00 bits per heavy atom. The first kappa shape index (κ1) is 15.5. The number of benzene rings is 2. The van der Waals surface area contributed by atoms with Crippen molar-refractivity contribution in [3.63, 3.8) is 0 Å². The van der Waals surface area contributed by atoms with E-state index in [1.54, 1.807) is 6.07 Å². The number of rotatable bonds is 3. The Labute approximate surface area is 143 Å². The number of hydrogen-bond donors (Lipinski definition) is 1.